The van der Waals surface area contributed by atoms with Crippen LogP contribution in [0.4, 0.5) is 11.4 Å². The Bertz CT molecular complexity index is 1540. The lowest BCUT2D eigenvalue weighted by Crippen LogP contribution is -2.56. The molecule has 3 aromatic rings. The summed E-state index contributed by atoms with van der Waals surface area (Å²) in [4.78, 5) is 41.9. The molecule has 0 saturated heterocycles. The van der Waals surface area contributed by atoms with E-state index in [2.05, 4.69) is 10.6 Å². The molecular formula is C35H42N2O6. The Labute approximate surface area is 253 Å². The van der Waals surface area contributed by atoms with Crippen LogP contribution in [0.2, 0.25) is 0 Å². The SMILES string of the molecule is COc1cc(C2C(C(=O)Nc3cc(C)ccc3C)C(=O)CC(C)(O)C2C(=O)Nc2cc(C)ccc2C)ccc1OC(C)C. The van der Waals surface area contributed by atoms with Crippen molar-refractivity contribution in [2.45, 2.75) is 72.5 Å². The van der Waals surface area contributed by atoms with Crippen LogP contribution in [-0.4, -0.2) is 41.5 Å². The summed E-state index contributed by atoms with van der Waals surface area (Å²) < 4.78 is 11.5. The molecule has 1 aliphatic carbocycles. The van der Waals surface area contributed by atoms with Crippen molar-refractivity contribution >= 4 is 29.0 Å². The molecule has 1 fully saturated rings. The first-order valence-electron chi connectivity index (χ1n) is 14.6. The third-order valence-corrected chi connectivity index (χ3v) is 8.07. The van der Waals surface area contributed by atoms with Gasteiger partial charge < -0.3 is 25.2 Å². The number of hydrogen-bond donors (Lipinski definition) is 3. The number of ether oxygens (including phenoxy) is 2. The standard InChI is InChI=1S/C35H42N2O6/c1-19(2)43-28-14-13-24(17-29(28)42-8)30-31(33(39)36-25-15-20(3)9-11-22(25)5)27(38)18-35(7,41)32(30)34(40)37-26-16-21(4)10-12-23(26)6/h9-17,19,30-32,41H,18H2,1-8H3,(H,36,39)(H,37,40). The van der Waals surface area contributed by atoms with Gasteiger partial charge in [0.05, 0.1) is 24.7 Å². The molecule has 0 heterocycles. The summed E-state index contributed by atoms with van der Waals surface area (Å²) in [6.07, 6.45) is -0.478. The number of carbonyl (C=O) groups is 3. The highest BCUT2D eigenvalue weighted by molar-refractivity contribution is 6.10. The van der Waals surface area contributed by atoms with Crippen LogP contribution in [0.3, 0.4) is 0 Å². The Morgan fingerprint density at radius 2 is 1.42 bits per heavy atom. The molecule has 3 aromatic carbocycles. The summed E-state index contributed by atoms with van der Waals surface area (Å²) in [5.41, 5.74) is 3.55. The van der Waals surface area contributed by atoms with Crippen molar-refractivity contribution in [3.05, 3.63) is 82.4 Å². The van der Waals surface area contributed by atoms with E-state index >= 15 is 0 Å². The Morgan fingerprint density at radius 1 is 0.860 bits per heavy atom. The normalized spacial score (nSPS) is 21.8. The monoisotopic (exact) mass is 586 g/mol. The van der Waals surface area contributed by atoms with Crippen LogP contribution in [0.5, 0.6) is 11.5 Å². The van der Waals surface area contributed by atoms with Gasteiger partial charge in [0.25, 0.3) is 0 Å². The summed E-state index contributed by atoms with van der Waals surface area (Å²) in [7, 11) is 1.50. The van der Waals surface area contributed by atoms with Crippen molar-refractivity contribution in [1.82, 2.24) is 0 Å². The molecule has 3 N–H and O–H groups in total. The molecular weight excluding hydrogens is 544 g/mol. The van der Waals surface area contributed by atoms with E-state index in [9.17, 15) is 19.5 Å². The highest BCUT2D eigenvalue weighted by atomic mass is 16.5. The first-order chi connectivity index (χ1) is 20.2. The number of nitrogens with one attached hydrogen (secondary N) is 2. The minimum Gasteiger partial charge on any atom is -0.493 e. The Hall–Kier alpha value is -4.17. The van der Waals surface area contributed by atoms with E-state index in [1.807, 2.05) is 77.9 Å². The highest BCUT2D eigenvalue weighted by Gasteiger charge is 2.56. The van der Waals surface area contributed by atoms with Gasteiger partial charge in [0.1, 0.15) is 11.7 Å². The highest BCUT2D eigenvalue weighted by Crippen LogP contribution is 2.48. The number of hydrogen-bond acceptors (Lipinski definition) is 6. The van der Waals surface area contributed by atoms with Gasteiger partial charge in [0, 0.05) is 23.7 Å². The fraction of sp³-hybridized carbons (Fsp3) is 0.400. The lowest BCUT2D eigenvalue weighted by molar-refractivity contribution is -0.150. The molecule has 0 spiro atoms. The number of carbonyl (C=O) groups excluding carboxylic acids is 3. The number of aryl methyl sites for hydroxylation is 4. The van der Waals surface area contributed by atoms with Gasteiger partial charge in [-0.15, -0.1) is 0 Å². The Kier molecular flexibility index (Phi) is 9.30. The third-order valence-electron chi connectivity index (χ3n) is 8.07. The lowest BCUT2D eigenvalue weighted by atomic mass is 9.61. The molecule has 4 rings (SSSR count). The predicted molar refractivity (Wildman–Crippen MR) is 168 cm³/mol. The van der Waals surface area contributed by atoms with Crippen LogP contribution in [0.25, 0.3) is 0 Å². The van der Waals surface area contributed by atoms with Crippen LogP contribution in [-0.2, 0) is 14.4 Å². The molecule has 0 radical (unpaired) electrons. The minimum absolute atomic E-state index is 0.121. The van der Waals surface area contributed by atoms with Crippen LogP contribution in [0.15, 0.2) is 54.6 Å². The molecule has 2 amide bonds. The maximum Gasteiger partial charge on any atom is 0.235 e. The largest absolute Gasteiger partial charge is 0.493 e. The molecule has 228 valence electrons. The molecule has 4 unspecified atom stereocenters. The van der Waals surface area contributed by atoms with Crippen molar-refractivity contribution in [2.24, 2.45) is 11.8 Å². The van der Waals surface area contributed by atoms with Crippen LogP contribution in [0, 0.1) is 39.5 Å². The van der Waals surface area contributed by atoms with E-state index in [1.54, 1.807) is 18.2 Å². The minimum atomic E-state index is -1.74. The third kappa shape index (κ3) is 6.91. The summed E-state index contributed by atoms with van der Waals surface area (Å²) in [5.74, 6) is -4.00. The lowest BCUT2D eigenvalue weighted by Gasteiger charge is -2.44. The van der Waals surface area contributed by atoms with Crippen molar-refractivity contribution in [3.8, 4) is 11.5 Å². The van der Waals surface area contributed by atoms with Gasteiger partial charge in [-0.1, -0.05) is 30.3 Å². The second-order valence-electron chi connectivity index (χ2n) is 12.2. The number of aliphatic hydroxyl groups is 1. The van der Waals surface area contributed by atoms with Crippen LogP contribution >= 0.6 is 0 Å². The van der Waals surface area contributed by atoms with E-state index in [0.29, 0.717) is 28.4 Å². The Balaban J connectivity index is 1.85. The average molecular weight is 587 g/mol. The van der Waals surface area contributed by atoms with E-state index < -0.39 is 41.0 Å². The van der Waals surface area contributed by atoms with E-state index in [4.69, 9.17) is 9.47 Å². The fourth-order valence-corrected chi connectivity index (χ4v) is 5.90. The number of methoxy groups -OCH3 is 1. The van der Waals surface area contributed by atoms with Crippen molar-refractivity contribution in [2.75, 3.05) is 17.7 Å². The zero-order valence-corrected chi connectivity index (χ0v) is 26.2. The topological polar surface area (TPSA) is 114 Å². The number of Topliss-reactive ketones (excluding diaryl/α,β-unsaturated/α-hetero) is 1. The number of ketones is 1. The van der Waals surface area contributed by atoms with Gasteiger partial charge in [-0.3, -0.25) is 14.4 Å². The second kappa shape index (κ2) is 12.6. The fourth-order valence-electron chi connectivity index (χ4n) is 5.90. The summed E-state index contributed by atoms with van der Waals surface area (Å²) in [5, 5.41) is 17.6. The smallest absolute Gasteiger partial charge is 0.235 e. The zero-order valence-electron chi connectivity index (χ0n) is 26.2. The quantitative estimate of drug-likeness (QED) is 0.278. The van der Waals surface area contributed by atoms with E-state index in [-0.39, 0.29) is 12.5 Å². The van der Waals surface area contributed by atoms with Gasteiger partial charge in [0.15, 0.2) is 11.5 Å². The van der Waals surface area contributed by atoms with Gasteiger partial charge in [0.2, 0.25) is 11.8 Å². The van der Waals surface area contributed by atoms with Crippen LogP contribution in [0.1, 0.15) is 60.9 Å². The van der Waals surface area contributed by atoms with E-state index in [0.717, 1.165) is 22.3 Å². The molecule has 8 heteroatoms. The first-order valence-corrected chi connectivity index (χ1v) is 14.6. The zero-order chi connectivity index (χ0) is 31.6. The molecule has 0 bridgehead atoms. The molecule has 1 saturated carbocycles. The maximum atomic E-state index is 14.2. The molecule has 4 atom stereocenters. The van der Waals surface area contributed by atoms with Crippen molar-refractivity contribution in [3.63, 3.8) is 0 Å². The van der Waals surface area contributed by atoms with Crippen molar-refractivity contribution in [1.29, 1.82) is 0 Å². The van der Waals surface area contributed by atoms with Gasteiger partial charge in [-0.05, 0) is 101 Å². The summed E-state index contributed by atoms with van der Waals surface area (Å²) >= 11 is 0. The average Bonchev–Trinajstić information content (AvgIpc) is 2.91. The predicted octanol–water partition coefficient (Wildman–Crippen LogP) is 6.03. The Morgan fingerprint density at radius 3 is 1.95 bits per heavy atom. The number of amides is 2. The second-order valence-corrected chi connectivity index (χ2v) is 12.2. The maximum absolute atomic E-state index is 14.2. The molecule has 0 aliphatic heterocycles. The van der Waals surface area contributed by atoms with Gasteiger partial charge in [-0.2, -0.15) is 0 Å². The van der Waals surface area contributed by atoms with Gasteiger partial charge in [-0.25, -0.2) is 0 Å². The number of benzene rings is 3. The molecule has 0 aromatic heterocycles. The van der Waals surface area contributed by atoms with Gasteiger partial charge >= 0.3 is 0 Å². The molecule has 1 aliphatic rings. The first kappa shape index (κ1) is 31.8. The number of rotatable bonds is 8. The summed E-state index contributed by atoms with van der Waals surface area (Å²) in [6.45, 7) is 12.9. The van der Waals surface area contributed by atoms with Crippen molar-refractivity contribution < 1.29 is 29.0 Å². The number of anilines is 2. The van der Waals surface area contributed by atoms with Crippen LogP contribution < -0.4 is 20.1 Å². The molecule has 8 nitrogen and oxygen atoms in total. The van der Waals surface area contributed by atoms with E-state index in [1.165, 1.54) is 14.0 Å². The summed E-state index contributed by atoms with van der Waals surface area (Å²) in [6, 6.07) is 16.5. The molecule has 43 heavy (non-hydrogen) atoms.